The number of hydrogen-bond acceptors (Lipinski definition) is 2. The van der Waals surface area contributed by atoms with Gasteiger partial charge in [-0.15, -0.1) is 0 Å². The normalized spacial score (nSPS) is 12.9. The maximum absolute atomic E-state index is 10.6. The molecule has 0 spiro atoms. The highest BCUT2D eigenvalue weighted by Crippen LogP contribution is 2.19. The van der Waals surface area contributed by atoms with Crippen LogP contribution in [0.3, 0.4) is 0 Å². The predicted molar refractivity (Wildman–Crippen MR) is 56.7 cm³/mol. The quantitative estimate of drug-likeness (QED) is 0.832. The number of carboxylic acids is 1. The Bertz CT molecular complexity index is 490. The van der Waals surface area contributed by atoms with Gasteiger partial charge in [0.15, 0.2) is 0 Å². The average molecular weight is 204 g/mol. The van der Waals surface area contributed by atoms with Crippen LogP contribution >= 0.6 is 0 Å². The van der Waals surface area contributed by atoms with Gasteiger partial charge >= 0.3 is 5.97 Å². The minimum atomic E-state index is -0.791. The molecule has 0 fully saturated rings. The summed E-state index contributed by atoms with van der Waals surface area (Å²) >= 11 is 0. The van der Waals surface area contributed by atoms with Crippen molar-refractivity contribution < 1.29 is 9.90 Å². The summed E-state index contributed by atoms with van der Waals surface area (Å²) in [6.07, 6.45) is 1.80. The first-order valence-electron chi connectivity index (χ1n) is 4.82. The fraction of sp³-hybridized carbons (Fsp3) is 0.273. The van der Waals surface area contributed by atoms with Crippen LogP contribution in [0.5, 0.6) is 0 Å². The van der Waals surface area contributed by atoms with Gasteiger partial charge in [-0.1, -0.05) is 12.1 Å². The summed E-state index contributed by atoms with van der Waals surface area (Å²) in [6, 6.07) is 7.63. The summed E-state index contributed by atoms with van der Waals surface area (Å²) in [5.41, 5.74) is 1.88. The molecule has 0 saturated carbocycles. The van der Waals surface area contributed by atoms with Gasteiger partial charge in [0.05, 0.1) is 23.8 Å². The van der Waals surface area contributed by atoms with E-state index in [0.717, 1.165) is 11.0 Å². The maximum Gasteiger partial charge on any atom is 0.305 e. The Balaban J connectivity index is 2.39. The van der Waals surface area contributed by atoms with Crippen molar-refractivity contribution in [3.63, 3.8) is 0 Å². The average Bonchev–Trinajstić information content (AvgIpc) is 2.59. The molecule has 0 aliphatic rings. The fourth-order valence-electron chi connectivity index (χ4n) is 1.68. The number of aromatic nitrogens is 2. The van der Waals surface area contributed by atoms with E-state index in [1.165, 1.54) is 0 Å². The zero-order chi connectivity index (χ0) is 10.8. The van der Waals surface area contributed by atoms with Gasteiger partial charge in [0.2, 0.25) is 0 Å². The summed E-state index contributed by atoms with van der Waals surface area (Å²) in [6.45, 7) is 1.88. The Morgan fingerprint density at radius 2 is 2.27 bits per heavy atom. The first-order chi connectivity index (χ1) is 7.18. The maximum atomic E-state index is 10.6. The van der Waals surface area contributed by atoms with Crippen molar-refractivity contribution >= 4 is 17.0 Å². The van der Waals surface area contributed by atoms with Gasteiger partial charge in [-0.25, -0.2) is 4.98 Å². The molecule has 0 saturated heterocycles. The summed E-state index contributed by atoms with van der Waals surface area (Å²) in [4.78, 5) is 14.8. The zero-order valence-corrected chi connectivity index (χ0v) is 8.42. The first kappa shape index (κ1) is 9.71. The highest BCUT2D eigenvalue weighted by Gasteiger charge is 2.11. The standard InChI is InChI=1S/C11H12N2O2/c1-8(6-11(14)15)13-7-12-9-4-2-3-5-10(9)13/h2-5,7-8H,6H2,1H3,(H,14,15). The monoisotopic (exact) mass is 204 g/mol. The van der Waals surface area contributed by atoms with Crippen molar-refractivity contribution in [1.29, 1.82) is 0 Å². The molecule has 0 radical (unpaired) electrons. The molecule has 0 bridgehead atoms. The van der Waals surface area contributed by atoms with Crippen LogP contribution in [0.4, 0.5) is 0 Å². The molecule has 1 aromatic heterocycles. The molecule has 1 N–H and O–H groups in total. The van der Waals surface area contributed by atoms with Crippen LogP contribution in [0.2, 0.25) is 0 Å². The predicted octanol–water partition coefficient (Wildman–Crippen LogP) is 2.07. The van der Waals surface area contributed by atoms with Gasteiger partial charge in [-0.05, 0) is 19.1 Å². The van der Waals surface area contributed by atoms with Crippen molar-refractivity contribution in [2.75, 3.05) is 0 Å². The Labute approximate surface area is 87.2 Å². The van der Waals surface area contributed by atoms with Crippen LogP contribution in [0.25, 0.3) is 11.0 Å². The summed E-state index contributed by atoms with van der Waals surface area (Å²) in [5.74, 6) is -0.791. The first-order valence-corrected chi connectivity index (χ1v) is 4.82. The molecule has 0 aliphatic heterocycles. The molecule has 15 heavy (non-hydrogen) atoms. The van der Waals surface area contributed by atoms with Crippen molar-refractivity contribution in [2.24, 2.45) is 0 Å². The minimum absolute atomic E-state index is 0.0742. The lowest BCUT2D eigenvalue weighted by molar-refractivity contribution is -0.137. The number of rotatable bonds is 3. The molecular formula is C11H12N2O2. The van der Waals surface area contributed by atoms with Gasteiger partial charge in [0, 0.05) is 6.04 Å². The third kappa shape index (κ3) is 1.83. The Kier molecular flexibility index (Phi) is 2.41. The molecule has 1 heterocycles. The second-order valence-corrected chi connectivity index (χ2v) is 3.59. The van der Waals surface area contributed by atoms with E-state index in [9.17, 15) is 4.79 Å². The fourth-order valence-corrected chi connectivity index (χ4v) is 1.68. The molecule has 0 aliphatic carbocycles. The number of carbonyl (C=O) groups is 1. The van der Waals surface area contributed by atoms with Gasteiger partial charge in [0.1, 0.15) is 0 Å². The van der Waals surface area contributed by atoms with Crippen LogP contribution in [0.15, 0.2) is 30.6 Å². The van der Waals surface area contributed by atoms with Crippen LogP contribution in [-0.2, 0) is 4.79 Å². The number of imidazole rings is 1. The molecule has 2 rings (SSSR count). The van der Waals surface area contributed by atoms with Gasteiger partial charge in [-0.3, -0.25) is 4.79 Å². The molecular weight excluding hydrogens is 192 g/mol. The molecule has 4 nitrogen and oxygen atoms in total. The van der Waals surface area contributed by atoms with E-state index in [0.29, 0.717) is 0 Å². The second-order valence-electron chi connectivity index (χ2n) is 3.59. The van der Waals surface area contributed by atoms with Crippen LogP contribution in [0.1, 0.15) is 19.4 Å². The second kappa shape index (κ2) is 3.73. The number of nitrogens with zero attached hydrogens (tertiary/aromatic N) is 2. The molecule has 1 atom stereocenters. The van der Waals surface area contributed by atoms with Crippen molar-refractivity contribution in [3.05, 3.63) is 30.6 Å². The molecule has 1 aromatic carbocycles. The number of benzene rings is 1. The number of para-hydroxylation sites is 2. The Morgan fingerprint density at radius 1 is 1.53 bits per heavy atom. The summed E-state index contributed by atoms with van der Waals surface area (Å²) in [7, 11) is 0. The summed E-state index contributed by atoms with van der Waals surface area (Å²) < 4.78 is 1.89. The van der Waals surface area contributed by atoms with Crippen molar-refractivity contribution in [2.45, 2.75) is 19.4 Å². The number of carboxylic acid groups (broad SMARTS) is 1. The van der Waals surface area contributed by atoms with Crippen LogP contribution < -0.4 is 0 Å². The van der Waals surface area contributed by atoms with Crippen LogP contribution in [-0.4, -0.2) is 20.6 Å². The highest BCUT2D eigenvalue weighted by molar-refractivity contribution is 5.75. The topological polar surface area (TPSA) is 55.1 Å². The number of hydrogen-bond donors (Lipinski definition) is 1. The highest BCUT2D eigenvalue weighted by atomic mass is 16.4. The minimum Gasteiger partial charge on any atom is -0.481 e. The van der Waals surface area contributed by atoms with Crippen molar-refractivity contribution in [3.8, 4) is 0 Å². The van der Waals surface area contributed by atoms with E-state index in [1.54, 1.807) is 6.33 Å². The molecule has 4 heteroatoms. The number of fused-ring (bicyclic) bond motifs is 1. The lowest BCUT2D eigenvalue weighted by Crippen LogP contribution is -2.09. The SMILES string of the molecule is CC(CC(=O)O)n1cnc2ccccc21. The van der Waals surface area contributed by atoms with Crippen LogP contribution in [0, 0.1) is 0 Å². The van der Waals surface area contributed by atoms with Gasteiger partial charge < -0.3 is 9.67 Å². The third-order valence-corrected chi connectivity index (χ3v) is 2.43. The van der Waals surface area contributed by atoms with E-state index in [4.69, 9.17) is 5.11 Å². The van der Waals surface area contributed by atoms with Crippen molar-refractivity contribution in [1.82, 2.24) is 9.55 Å². The lowest BCUT2D eigenvalue weighted by atomic mass is 10.2. The lowest BCUT2D eigenvalue weighted by Gasteiger charge is -2.11. The largest absolute Gasteiger partial charge is 0.481 e. The molecule has 1 unspecified atom stereocenters. The molecule has 78 valence electrons. The smallest absolute Gasteiger partial charge is 0.305 e. The van der Waals surface area contributed by atoms with E-state index in [2.05, 4.69) is 4.98 Å². The third-order valence-electron chi connectivity index (χ3n) is 2.43. The van der Waals surface area contributed by atoms with Gasteiger partial charge in [0.25, 0.3) is 0 Å². The van der Waals surface area contributed by atoms with Gasteiger partial charge in [-0.2, -0.15) is 0 Å². The number of aliphatic carboxylic acids is 1. The van der Waals surface area contributed by atoms with E-state index < -0.39 is 5.97 Å². The summed E-state index contributed by atoms with van der Waals surface area (Å²) in [5, 5.41) is 8.72. The Morgan fingerprint density at radius 3 is 3.00 bits per heavy atom. The van der Waals surface area contributed by atoms with E-state index in [-0.39, 0.29) is 12.5 Å². The molecule has 2 aromatic rings. The molecule has 0 amide bonds. The Hall–Kier alpha value is -1.84. The van der Waals surface area contributed by atoms with E-state index in [1.807, 2.05) is 35.8 Å². The zero-order valence-electron chi connectivity index (χ0n) is 8.42. The van der Waals surface area contributed by atoms with E-state index >= 15 is 0 Å².